The zero-order valence-corrected chi connectivity index (χ0v) is 26.4. The fourth-order valence-electron chi connectivity index (χ4n) is 6.18. The number of nitrogens with zero attached hydrogens (tertiary/aromatic N) is 1. The van der Waals surface area contributed by atoms with Gasteiger partial charge in [0, 0.05) is 49.2 Å². The third-order valence-corrected chi connectivity index (χ3v) is 10.9. The molecule has 222 valence electrons. The van der Waals surface area contributed by atoms with Gasteiger partial charge in [-0.2, -0.15) is 0 Å². The number of hydrogen-bond acceptors (Lipinski definition) is 5. The summed E-state index contributed by atoms with van der Waals surface area (Å²) >= 11 is 5.95. The minimum absolute atomic E-state index is 0.0256. The Bertz CT molecular complexity index is 1400. The number of halogens is 1. The van der Waals surface area contributed by atoms with E-state index in [1.54, 1.807) is 6.07 Å². The van der Waals surface area contributed by atoms with Gasteiger partial charge in [0.05, 0.1) is 16.8 Å². The van der Waals surface area contributed by atoms with Gasteiger partial charge in [0.25, 0.3) is 0 Å². The van der Waals surface area contributed by atoms with Crippen molar-refractivity contribution >= 4 is 32.8 Å². The second-order valence-electron chi connectivity index (χ2n) is 11.8. The quantitative estimate of drug-likeness (QED) is 0.209. The zero-order valence-electron chi connectivity index (χ0n) is 24.9. The van der Waals surface area contributed by atoms with Crippen molar-refractivity contribution in [2.75, 3.05) is 30.1 Å². The highest BCUT2D eigenvalue weighted by Gasteiger charge is 2.49. The maximum Gasteiger partial charge on any atom is 0.179 e. The highest BCUT2D eigenvalue weighted by atomic mass is 35.5. The van der Waals surface area contributed by atoms with E-state index in [9.17, 15) is 13.5 Å². The van der Waals surface area contributed by atoms with Crippen LogP contribution in [-0.2, 0) is 22.3 Å². The van der Waals surface area contributed by atoms with Crippen LogP contribution in [0, 0.1) is 5.41 Å². The number of fused-ring (bicyclic) bond motifs is 1. The first-order valence-electron chi connectivity index (χ1n) is 14.8. The van der Waals surface area contributed by atoms with Crippen LogP contribution in [0.3, 0.4) is 0 Å². The Morgan fingerprint density at radius 2 is 1.61 bits per heavy atom. The van der Waals surface area contributed by atoms with Crippen molar-refractivity contribution in [3.05, 3.63) is 89.0 Å². The molecule has 2 N–H and O–H groups in total. The largest absolute Gasteiger partial charge is 0.392 e. The maximum atomic E-state index is 14.1. The minimum atomic E-state index is -3.63. The zero-order chi connectivity index (χ0) is 29.6. The number of sulfone groups is 1. The average Bonchev–Trinajstić information content (AvgIpc) is 3.04. The normalized spacial score (nSPS) is 19.3. The van der Waals surface area contributed by atoms with Crippen LogP contribution in [0.4, 0.5) is 11.4 Å². The van der Waals surface area contributed by atoms with E-state index >= 15 is 0 Å². The van der Waals surface area contributed by atoms with E-state index < -0.39 is 27.3 Å². The Balaban J connectivity index is 1.81. The number of anilines is 2. The van der Waals surface area contributed by atoms with E-state index in [4.69, 9.17) is 11.6 Å². The first kappa shape index (κ1) is 31.4. The van der Waals surface area contributed by atoms with Gasteiger partial charge >= 0.3 is 0 Å². The maximum absolute atomic E-state index is 14.1. The molecule has 7 heteroatoms. The lowest BCUT2D eigenvalue weighted by Gasteiger charge is -2.40. The molecule has 3 aromatic carbocycles. The fraction of sp³-hybridized carbons (Fsp3) is 0.471. The van der Waals surface area contributed by atoms with Crippen LogP contribution in [0.25, 0.3) is 0 Å². The first-order valence-corrected chi connectivity index (χ1v) is 17.0. The summed E-state index contributed by atoms with van der Waals surface area (Å²) in [6, 6.07) is 21.9. The molecule has 0 aliphatic carbocycles. The van der Waals surface area contributed by atoms with Gasteiger partial charge in [0.15, 0.2) is 9.84 Å². The van der Waals surface area contributed by atoms with E-state index in [0.717, 1.165) is 53.7 Å². The molecule has 0 saturated carbocycles. The number of aliphatic hydroxyl groups is 1. The van der Waals surface area contributed by atoms with Gasteiger partial charge in [0.1, 0.15) is 0 Å². The molecule has 41 heavy (non-hydrogen) atoms. The Hall–Kier alpha value is -2.54. The Morgan fingerprint density at radius 3 is 2.22 bits per heavy atom. The summed E-state index contributed by atoms with van der Waals surface area (Å²) in [5.41, 5.74) is 4.96. The number of benzene rings is 3. The van der Waals surface area contributed by atoms with E-state index in [-0.39, 0.29) is 5.75 Å². The molecule has 4 rings (SSSR count). The lowest BCUT2D eigenvalue weighted by atomic mass is 9.68. The summed E-state index contributed by atoms with van der Waals surface area (Å²) < 4.78 is 28.1. The number of unbranched alkanes of at least 4 members (excludes halogenated alkanes) is 2. The molecule has 0 saturated heterocycles. The summed E-state index contributed by atoms with van der Waals surface area (Å²) in [5.74, 6) is -0.00693. The number of nitrogens with one attached hydrogen (secondary N) is 1. The molecule has 0 radical (unpaired) electrons. The smallest absolute Gasteiger partial charge is 0.179 e. The lowest BCUT2D eigenvalue weighted by Crippen LogP contribution is -2.43. The standard InChI is InChI=1S/C34H45ClN2O3S/c1-5-7-18-34(19-8-6-2)24-41(39,40)31-17-16-29(37(3)4)21-30(31)32(33(34)38)27-10-9-11-28(20-27)36-23-26-14-12-25(22-35)13-15-26/h9-17,20-21,32-33,36,38H,5-8,18-19,22-24H2,1-4H3/t32-,33?/m1/s1. The summed E-state index contributed by atoms with van der Waals surface area (Å²) in [6.07, 6.45) is 4.20. The molecule has 1 aliphatic heterocycles. The number of rotatable bonds is 12. The fourth-order valence-corrected chi connectivity index (χ4v) is 8.55. The molecule has 5 nitrogen and oxygen atoms in total. The Kier molecular flexibility index (Phi) is 10.4. The summed E-state index contributed by atoms with van der Waals surface area (Å²) in [6.45, 7) is 4.89. The third kappa shape index (κ3) is 7.10. The van der Waals surface area contributed by atoms with Crippen molar-refractivity contribution in [3.63, 3.8) is 0 Å². The predicted molar refractivity (Wildman–Crippen MR) is 172 cm³/mol. The van der Waals surface area contributed by atoms with Crippen LogP contribution in [0.15, 0.2) is 71.6 Å². The second kappa shape index (κ2) is 13.6. The van der Waals surface area contributed by atoms with Crippen molar-refractivity contribution < 1.29 is 13.5 Å². The van der Waals surface area contributed by atoms with Crippen LogP contribution < -0.4 is 10.2 Å². The number of hydrogen-bond donors (Lipinski definition) is 2. The molecule has 3 aromatic rings. The van der Waals surface area contributed by atoms with Crippen molar-refractivity contribution in [1.82, 2.24) is 0 Å². The van der Waals surface area contributed by atoms with Gasteiger partial charge in [-0.15, -0.1) is 11.6 Å². The highest BCUT2D eigenvalue weighted by Crippen LogP contribution is 2.50. The van der Waals surface area contributed by atoms with E-state index in [0.29, 0.717) is 35.7 Å². The number of aliphatic hydroxyl groups excluding tert-OH is 1. The molecule has 0 spiro atoms. The molecular weight excluding hydrogens is 552 g/mol. The molecule has 2 atom stereocenters. The Labute approximate surface area is 251 Å². The molecule has 0 fully saturated rings. The summed E-state index contributed by atoms with van der Waals surface area (Å²) in [7, 11) is 0.279. The molecule has 1 heterocycles. The second-order valence-corrected chi connectivity index (χ2v) is 14.0. The highest BCUT2D eigenvalue weighted by molar-refractivity contribution is 7.91. The van der Waals surface area contributed by atoms with Gasteiger partial charge in [-0.3, -0.25) is 0 Å². The van der Waals surface area contributed by atoms with Crippen molar-refractivity contribution in [2.45, 2.75) is 81.7 Å². The first-order chi connectivity index (χ1) is 19.6. The molecular formula is C34H45ClN2O3S. The monoisotopic (exact) mass is 596 g/mol. The van der Waals surface area contributed by atoms with Crippen LogP contribution in [0.5, 0.6) is 0 Å². The number of alkyl halides is 1. The van der Waals surface area contributed by atoms with Gasteiger partial charge in [-0.25, -0.2) is 8.42 Å². The lowest BCUT2D eigenvalue weighted by molar-refractivity contribution is 0.0127. The van der Waals surface area contributed by atoms with E-state index in [2.05, 4.69) is 37.4 Å². The van der Waals surface area contributed by atoms with Gasteiger partial charge in [0.2, 0.25) is 0 Å². The van der Waals surface area contributed by atoms with E-state index in [1.165, 1.54) is 0 Å². The summed E-state index contributed by atoms with van der Waals surface area (Å²) in [4.78, 5) is 2.33. The molecule has 0 aromatic heterocycles. The Morgan fingerprint density at radius 1 is 0.951 bits per heavy atom. The molecule has 1 unspecified atom stereocenters. The van der Waals surface area contributed by atoms with Crippen molar-refractivity contribution in [3.8, 4) is 0 Å². The molecule has 0 amide bonds. The van der Waals surface area contributed by atoms with Gasteiger partial charge in [-0.05, 0) is 65.4 Å². The van der Waals surface area contributed by atoms with Gasteiger partial charge < -0.3 is 15.3 Å². The SMILES string of the molecule is CCCCC1(CCCC)CS(=O)(=O)c2ccc(N(C)C)cc2[C@@H](c2cccc(NCc3ccc(CCl)cc3)c2)C1O. The topological polar surface area (TPSA) is 69.6 Å². The minimum Gasteiger partial charge on any atom is -0.392 e. The van der Waals surface area contributed by atoms with Crippen molar-refractivity contribution in [1.29, 1.82) is 0 Å². The predicted octanol–water partition coefficient (Wildman–Crippen LogP) is 7.75. The van der Waals surface area contributed by atoms with Crippen LogP contribution in [0.2, 0.25) is 0 Å². The van der Waals surface area contributed by atoms with Crippen LogP contribution in [-0.4, -0.2) is 39.5 Å². The van der Waals surface area contributed by atoms with E-state index in [1.807, 2.05) is 61.5 Å². The average molecular weight is 597 g/mol. The van der Waals surface area contributed by atoms with Crippen LogP contribution >= 0.6 is 11.6 Å². The summed E-state index contributed by atoms with van der Waals surface area (Å²) in [5, 5.41) is 15.9. The van der Waals surface area contributed by atoms with Gasteiger partial charge in [-0.1, -0.05) is 75.9 Å². The third-order valence-electron chi connectivity index (χ3n) is 8.58. The van der Waals surface area contributed by atoms with Crippen molar-refractivity contribution in [2.24, 2.45) is 5.41 Å². The molecule has 0 bridgehead atoms. The van der Waals surface area contributed by atoms with Crippen LogP contribution in [0.1, 0.15) is 80.5 Å². The molecule has 1 aliphatic rings.